The lowest BCUT2D eigenvalue weighted by atomic mass is 9.53. The molecule has 0 saturated heterocycles. The summed E-state index contributed by atoms with van der Waals surface area (Å²) in [6, 6.07) is 4.98. The zero-order valence-corrected chi connectivity index (χ0v) is 21.7. The van der Waals surface area contributed by atoms with Gasteiger partial charge in [0, 0.05) is 0 Å². The van der Waals surface area contributed by atoms with Gasteiger partial charge in [-0.05, 0) is 87.8 Å². The van der Waals surface area contributed by atoms with Crippen molar-refractivity contribution in [3.8, 4) is 0 Å². The van der Waals surface area contributed by atoms with Gasteiger partial charge in [-0.1, -0.05) is 12.1 Å². The van der Waals surface area contributed by atoms with Crippen LogP contribution in [0.1, 0.15) is 71.5 Å². The SMILES string of the molecule is Cc1nn(Cc2cccc(C(F)(F)F)c2)c(C)c1NC(=O)c1nn(C23CC4CC(CC(C4)C2)C3)cc1[N+](=O)[O-]. The second kappa shape index (κ2) is 8.92. The Morgan fingerprint density at radius 2 is 1.77 bits per heavy atom. The van der Waals surface area contributed by atoms with Gasteiger partial charge >= 0.3 is 11.9 Å². The number of nitro groups is 1. The van der Waals surface area contributed by atoms with E-state index in [-0.39, 0.29) is 23.5 Å². The van der Waals surface area contributed by atoms with Crippen molar-refractivity contribution in [2.24, 2.45) is 17.8 Å². The molecule has 2 aromatic heterocycles. The van der Waals surface area contributed by atoms with Gasteiger partial charge in [-0.15, -0.1) is 0 Å². The van der Waals surface area contributed by atoms with Gasteiger partial charge in [0.25, 0.3) is 5.91 Å². The highest BCUT2D eigenvalue weighted by molar-refractivity contribution is 6.06. The van der Waals surface area contributed by atoms with E-state index in [9.17, 15) is 28.1 Å². The maximum absolute atomic E-state index is 13.4. The van der Waals surface area contributed by atoms with Gasteiger partial charge in [0.05, 0.1) is 39.6 Å². The summed E-state index contributed by atoms with van der Waals surface area (Å²) in [5, 5.41) is 23.6. The van der Waals surface area contributed by atoms with E-state index in [0.29, 0.717) is 40.4 Å². The molecule has 4 fully saturated rings. The van der Waals surface area contributed by atoms with Crippen molar-refractivity contribution in [3.63, 3.8) is 0 Å². The fourth-order valence-electron chi connectivity index (χ4n) is 7.47. The summed E-state index contributed by atoms with van der Waals surface area (Å²) >= 11 is 0. The fourth-order valence-corrected chi connectivity index (χ4v) is 7.47. The number of rotatable bonds is 6. The van der Waals surface area contributed by atoms with E-state index in [1.54, 1.807) is 24.6 Å². The van der Waals surface area contributed by atoms with Crippen LogP contribution in [0, 0.1) is 41.7 Å². The molecule has 1 N–H and O–H groups in total. The molecule has 0 spiro atoms. The predicted molar refractivity (Wildman–Crippen MR) is 135 cm³/mol. The number of benzene rings is 1. The van der Waals surface area contributed by atoms with Crippen molar-refractivity contribution in [3.05, 3.63) is 68.8 Å². The molecule has 206 valence electrons. The molecular formula is C27H29F3N6O3. The number of nitrogens with zero attached hydrogens (tertiary/aromatic N) is 5. The van der Waals surface area contributed by atoms with E-state index in [0.717, 1.165) is 31.4 Å². The molecule has 0 atom stereocenters. The van der Waals surface area contributed by atoms with Crippen LogP contribution >= 0.6 is 0 Å². The quantitative estimate of drug-likeness (QED) is 0.311. The number of hydrogen-bond acceptors (Lipinski definition) is 5. The Hall–Kier alpha value is -3.70. The molecule has 39 heavy (non-hydrogen) atoms. The highest BCUT2D eigenvalue weighted by Crippen LogP contribution is 2.58. The topological polar surface area (TPSA) is 108 Å². The number of amides is 1. The minimum absolute atomic E-state index is 0.0628. The third-order valence-electron chi connectivity index (χ3n) is 8.81. The lowest BCUT2D eigenvalue weighted by Gasteiger charge is -2.56. The van der Waals surface area contributed by atoms with Gasteiger partial charge in [0.1, 0.15) is 6.20 Å². The summed E-state index contributed by atoms with van der Waals surface area (Å²) in [5.74, 6) is 1.09. The van der Waals surface area contributed by atoms with Crippen LogP contribution in [0.25, 0.3) is 0 Å². The van der Waals surface area contributed by atoms with Gasteiger partial charge in [-0.3, -0.25) is 24.3 Å². The Morgan fingerprint density at radius 1 is 1.13 bits per heavy atom. The largest absolute Gasteiger partial charge is 0.416 e. The van der Waals surface area contributed by atoms with Crippen molar-refractivity contribution < 1.29 is 22.9 Å². The second-order valence-electron chi connectivity index (χ2n) is 11.6. The normalized spacial score (nSPS) is 25.7. The van der Waals surface area contributed by atoms with E-state index in [1.165, 1.54) is 36.2 Å². The smallest absolute Gasteiger partial charge is 0.317 e. The predicted octanol–water partition coefficient (Wildman–Crippen LogP) is 5.85. The van der Waals surface area contributed by atoms with Gasteiger partial charge in [-0.25, -0.2) is 0 Å². The van der Waals surface area contributed by atoms with Crippen LogP contribution in [-0.4, -0.2) is 30.4 Å². The number of nitrogens with one attached hydrogen (secondary N) is 1. The lowest BCUT2D eigenvalue weighted by molar-refractivity contribution is -0.385. The number of hydrogen-bond donors (Lipinski definition) is 1. The number of anilines is 1. The molecule has 0 unspecified atom stereocenters. The van der Waals surface area contributed by atoms with Crippen LogP contribution in [0.4, 0.5) is 24.5 Å². The molecule has 0 radical (unpaired) electrons. The number of aryl methyl sites for hydroxylation is 1. The van der Waals surface area contributed by atoms with Crippen LogP contribution in [0.2, 0.25) is 0 Å². The molecule has 7 rings (SSSR count). The second-order valence-corrected chi connectivity index (χ2v) is 11.6. The zero-order valence-electron chi connectivity index (χ0n) is 21.7. The van der Waals surface area contributed by atoms with Crippen molar-refractivity contribution >= 4 is 17.3 Å². The average Bonchev–Trinajstić information content (AvgIpc) is 3.42. The standard InChI is InChI=1S/C27H29F3N6O3/c1-15-23(16(2)34(32-15)13-17-4-3-5-21(9-17)27(28,29)30)31-25(37)24-22(36(38)39)14-35(33-24)26-10-18-6-19(11-26)8-20(7-18)12-26/h3-5,9,14,18-20H,6-8,10-13H2,1-2H3,(H,31,37). The van der Waals surface area contributed by atoms with Gasteiger partial charge in [-0.2, -0.15) is 23.4 Å². The van der Waals surface area contributed by atoms with Crippen LogP contribution in [0.3, 0.4) is 0 Å². The third kappa shape index (κ3) is 4.49. The first-order chi connectivity index (χ1) is 18.4. The first-order valence-electron chi connectivity index (χ1n) is 13.2. The minimum atomic E-state index is -4.46. The Balaban J connectivity index is 1.26. The highest BCUT2D eigenvalue weighted by Gasteiger charge is 2.53. The molecule has 9 nitrogen and oxygen atoms in total. The molecule has 1 aromatic carbocycles. The summed E-state index contributed by atoms with van der Waals surface area (Å²) in [4.78, 5) is 24.7. The van der Waals surface area contributed by atoms with E-state index in [4.69, 9.17) is 0 Å². The number of alkyl halides is 3. The summed E-state index contributed by atoms with van der Waals surface area (Å²) in [5.41, 5.74) is 0.0908. The highest BCUT2D eigenvalue weighted by atomic mass is 19.4. The fraction of sp³-hybridized carbons (Fsp3) is 0.519. The molecule has 3 aromatic rings. The average molecular weight is 543 g/mol. The molecule has 12 heteroatoms. The van der Waals surface area contributed by atoms with E-state index in [1.807, 2.05) is 0 Å². The Morgan fingerprint density at radius 3 is 2.36 bits per heavy atom. The molecule has 4 aliphatic carbocycles. The molecule has 4 aliphatic rings. The molecule has 4 saturated carbocycles. The van der Waals surface area contributed by atoms with Crippen molar-refractivity contribution in [1.29, 1.82) is 0 Å². The molecular weight excluding hydrogens is 513 g/mol. The Labute approximate surface area is 222 Å². The van der Waals surface area contributed by atoms with Crippen LogP contribution in [0.15, 0.2) is 30.5 Å². The number of halogens is 3. The van der Waals surface area contributed by atoms with Gasteiger partial charge in [0.2, 0.25) is 5.69 Å². The van der Waals surface area contributed by atoms with Crippen molar-refractivity contribution in [2.75, 3.05) is 5.32 Å². The maximum atomic E-state index is 13.4. The minimum Gasteiger partial charge on any atom is -0.317 e. The van der Waals surface area contributed by atoms with Crippen LogP contribution in [0.5, 0.6) is 0 Å². The maximum Gasteiger partial charge on any atom is 0.416 e. The summed E-state index contributed by atoms with van der Waals surface area (Å²) in [7, 11) is 0. The third-order valence-corrected chi connectivity index (χ3v) is 8.81. The monoisotopic (exact) mass is 542 g/mol. The number of carbonyl (C=O) groups is 1. The number of carbonyl (C=O) groups excluding carboxylic acids is 1. The lowest BCUT2D eigenvalue weighted by Crippen LogP contribution is -2.52. The van der Waals surface area contributed by atoms with Crippen molar-refractivity contribution in [2.45, 2.75) is 70.6 Å². The molecule has 0 aliphatic heterocycles. The first kappa shape index (κ1) is 25.6. The van der Waals surface area contributed by atoms with Crippen molar-refractivity contribution in [1.82, 2.24) is 19.6 Å². The zero-order chi connectivity index (χ0) is 27.7. The van der Waals surface area contributed by atoms with E-state index in [2.05, 4.69) is 15.5 Å². The van der Waals surface area contributed by atoms with Gasteiger partial charge < -0.3 is 5.32 Å². The molecule has 2 heterocycles. The van der Waals surface area contributed by atoms with E-state index < -0.39 is 22.6 Å². The Bertz CT molecular complexity index is 1440. The summed E-state index contributed by atoms with van der Waals surface area (Å²) in [6.07, 6.45) is 3.37. The first-order valence-corrected chi connectivity index (χ1v) is 13.2. The summed E-state index contributed by atoms with van der Waals surface area (Å²) in [6.45, 7) is 3.41. The van der Waals surface area contributed by atoms with E-state index >= 15 is 0 Å². The summed E-state index contributed by atoms with van der Waals surface area (Å²) < 4.78 is 42.6. The van der Waals surface area contributed by atoms with Crippen LogP contribution in [-0.2, 0) is 18.3 Å². The molecule has 1 amide bonds. The van der Waals surface area contributed by atoms with Crippen LogP contribution < -0.4 is 5.32 Å². The Kier molecular flexibility index (Phi) is 5.85. The molecule has 4 bridgehead atoms. The van der Waals surface area contributed by atoms with Gasteiger partial charge in [0.15, 0.2) is 0 Å². The number of aromatic nitrogens is 4.